The van der Waals surface area contributed by atoms with Gasteiger partial charge in [0, 0.05) is 13.7 Å². The Bertz CT molecular complexity index is 341. The van der Waals surface area contributed by atoms with Crippen LogP contribution in [0.25, 0.3) is 0 Å². The smallest absolute Gasteiger partial charge is 0.0713 e. The molecule has 0 bridgehead atoms. The second kappa shape index (κ2) is 6.23. The molecule has 0 aliphatic rings. The molecule has 0 saturated carbocycles. The number of terminal acetylenes is 1. The minimum absolute atomic E-state index is 0.107. The third kappa shape index (κ3) is 4.16. The molecule has 0 amide bonds. The van der Waals surface area contributed by atoms with E-state index >= 15 is 0 Å². The number of benzene rings is 1. The van der Waals surface area contributed by atoms with Gasteiger partial charge < -0.3 is 4.74 Å². The Morgan fingerprint density at radius 1 is 1.47 bits per heavy atom. The zero-order valence-corrected chi connectivity index (χ0v) is 9.29. The van der Waals surface area contributed by atoms with Crippen molar-refractivity contribution in [1.29, 1.82) is 0 Å². The molecule has 0 radical (unpaired) electrons. The van der Waals surface area contributed by atoms with Gasteiger partial charge in [-0.2, -0.15) is 0 Å². The highest BCUT2D eigenvalue weighted by atomic mass is 16.5. The molecule has 0 saturated heterocycles. The second-order valence-electron chi connectivity index (χ2n) is 3.52. The first-order chi connectivity index (χ1) is 7.26. The van der Waals surface area contributed by atoms with Gasteiger partial charge in [-0.3, -0.25) is 5.32 Å². The summed E-state index contributed by atoms with van der Waals surface area (Å²) in [6, 6.07) is 8.40. The fourth-order valence-electron chi connectivity index (χ4n) is 1.33. The third-order valence-electron chi connectivity index (χ3n) is 2.16. The summed E-state index contributed by atoms with van der Waals surface area (Å²) in [7, 11) is 1.70. The minimum Gasteiger partial charge on any atom is -0.380 e. The van der Waals surface area contributed by atoms with Crippen LogP contribution in [0.5, 0.6) is 0 Å². The van der Waals surface area contributed by atoms with Crippen molar-refractivity contribution in [2.75, 3.05) is 7.11 Å². The average Bonchev–Trinajstić information content (AvgIpc) is 2.27. The molecule has 0 heterocycles. The standard InChI is InChI=1S/C13H17NO/c1-4-11(2)14-9-12-6-5-7-13(8-12)10-15-3/h1,5-8,11,14H,9-10H2,2-3H3. The molecule has 1 unspecified atom stereocenters. The summed E-state index contributed by atoms with van der Waals surface area (Å²) in [5.74, 6) is 2.64. The summed E-state index contributed by atoms with van der Waals surface area (Å²) >= 11 is 0. The van der Waals surface area contributed by atoms with Gasteiger partial charge in [-0.25, -0.2) is 0 Å². The first-order valence-electron chi connectivity index (χ1n) is 5.02. The van der Waals surface area contributed by atoms with Gasteiger partial charge >= 0.3 is 0 Å². The zero-order chi connectivity index (χ0) is 11.1. The Balaban J connectivity index is 2.54. The van der Waals surface area contributed by atoms with Gasteiger partial charge in [0.1, 0.15) is 0 Å². The highest BCUT2D eigenvalue weighted by Crippen LogP contribution is 2.06. The molecule has 80 valence electrons. The van der Waals surface area contributed by atoms with Crippen molar-refractivity contribution in [3.05, 3.63) is 35.4 Å². The molecule has 1 aromatic rings. The van der Waals surface area contributed by atoms with Crippen LogP contribution in [0.4, 0.5) is 0 Å². The highest BCUT2D eigenvalue weighted by Gasteiger charge is 1.98. The molecule has 0 aromatic heterocycles. The first kappa shape index (κ1) is 11.8. The van der Waals surface area contributed by atoms with Crippen LogP contribution < -0.4 is 5.32 Å². The van der Waals surface area contributed by atoms with Gasteiger partial charge in [0.05, 0.1) is 12.6 Å². The maximum atomic E-state index is 5.28. The number of hydrogen-bond acceptors (Lipinski definition) is 2. The van der Waals surface area contributed by atoms with E-state index < -0.39 is 0 Å². The van der Waals surface area contributed by atoms with Crippen molar-refractivity contribution in [2.45, 2.75) is 26.1 Å². The van der Waals surface area contributed by atoms with Gasteiger partial charge in [-0.15, -0.1) is 6.42 Å². The molecule has 0 aliphatic heterocycles. The molecule has 2 heteroatoms. The van der Waals surface area contributed by atoms with Crippen molar-refractivity contribution in [3.63, 3.8) is 0 Å². The van der Waals surface area contributed by atoms with Gasteiger partial charge in [-0.1, -0.05) is 30.2 Å². The summed E-state index contributed by atoms with van der Waals surface area (Å²) in [4.78, 5) is 0. The predicted octanol–water partition coefficient (Wildman–Crippen LogP) is 1.94. The normalized spacial score (nSPS) is 12.1. The van der Waals surface area contributed by atoms with E-state index in [0.717, 1.165) is 6.54 Å². The number of nitrogens with one attached hydrogen (secondary N) is 1. The van der Waals surface area contributed by atoms with E-state index in [0.29, 0.717) is 6.61 Å². The molecule has 1 N–H and O–H groups in total. The lowest BCUT2D eigenvalue weighted by molar-refractivity contribution is 0.185. The molecule has 1 atom stereocenters. The molecule has 2 nitrogen and oxygen atoms in total. The van der Waals surface area contributed by atoms with Crippen LogP contribution in [0.3, 0.4) is 0 Å². The largest absolute Gasteiger partial charge is 0.380 e. The number of hydrogen-bond donors (Lipinski definition) is 1. The Morgan fingerprint density at radius 3 is 2.87 bits per heavy atom. The Kier molecular flexibility index (Phi) is 4.89. The first-order valence-corrected chi connectivity index (χ1v) is 5.02. The van der Waals surface area contributed by atoms with E-state index in [2.05, 4.69) is 29.4 Å². The average molecular weight is 203 g/mol. The van der Waals surface area contributed by atoms with Crippen molar-refractivity contribution in [1.82, 2.24) is 5.32 Å². The molecule has 0 fully saturated rings. The third-order valence-corrected chi connectivity index (χ3v) is 2.16. The zero-order valence-electron chi connectivity index (χ0n) is 9.29. The molecule has 15 heavy (non-hydrogen) atoms. The van der Waals surface area contributed by atoms with Crippen molar-refractivity contribution in [3.8, 4) is 12.3 Å². The molecule has 0 aliphatic carbocycles. The summed E-state index contributed by atoms with van der Waals surface area (Å²) in [5.41, 5.74) is 2.41. The van der Waals surface area contributed by atoms with Crippen LogP contribution in [0.2, 0.25) is 0 Å². The minimum atomic E-state index is 0.107. The maximum Gasteiger partial charge on any atom is 0.0713 e. The lowest BCUT2D eigenvalue weighted by Gasteiger charge is -2.08. The monoisotopic (exact) mass is 203 g/mol. The lowest BCUT2D eigenvalue weighted by atomic mass is 10.1. The van der Waals surface area contributed by atoms with E-state index in [1.807, 2.05) is 13.0 Å². The van der Waals surface area contributed by atoms with E-state index in [4.69, 9.17) is 11.2 Å². The van der Waals surface area contributed by atoms with E-state index in [1.54, 1.807) is 7.11 Å². The van der Waals surface area contributed by atoms with Crippen LogP contribution >= 0.6 is 0 Å². The summed E-state index contributed by atoms with van der Waals surface area (Å²) in [6.45, 7) is 3.42. The van der Waals surface area contributed by atoms with Crippen LogP contribution in [0, 0.1) is 12.3 Å². The van der Waals surface area contributed by atoms with Gasteiger partial charge in [0.25, 0.3) is 0 Å². The van der Waals surface area contributed by atoms with Crippen molar-refractivity contribution < 1.29 is 4.74 Å². The van der Waals surface area contributed by atoms with Crippen LogP contribution in [0.15, 0.2) is 24.3 Å². The lowest BCUT2D eigenvalue weighted by Crippen LogP contribution is -2.23. The molecular weight excluding hydrogens is 186 g/mol. The van der Waals surface area contributed by atoms with Crippen LogP contribution in [-0.2, 0) is 17.9 Å². The molecule has 0 spiro atoms. The predicted molar refractivity (Wildman–Crippen MR) is 62.3 cm³/mol. The van der Waals surface area contributed by atoms with E-state index in [1.165, 1.54) is 11.1 Å². The van der Waals surface area contributed by atoms with Crippen molar-refractivity contribution in [2.24, 2.45) is 0 Å². The van der Waals surface area contributed by atoms with E-state index in [9.17, 15) is 0 Å². The number of rotatable bonds is 5. The fraction of sp³-hybridized carbons (Fsp3) is 0.385. The SMILES string of the molecule is C#CC(C)NCc1cccc(COC)c1. The Morgan fingerprint density at radius 2 is 2.20 bits per heavy atom. The topological polar surface area (TPSA) is 21.3 Å². The van der Waals surface area contributed by atoms with Gasteiger partial charge in [-0.05, 0) is 18.1 Å². The number of methoxy groups -OCH3 is 1. The van der Waals surface area contributed by atoms with Crippen molar-refractivity contribution >= 4 is 0 Å². The van der Waals surface area contributed by atoms with Crippen LogP contribution in [-0.4, -0.2) is 13.2 Å². The van der Waals surface area contributed by atoms with E-state index in [-0.39, 0.29) is 6.04 Å². The Hall–Kier alpha value is -1.30. The molecular formula is C13H17NO. The number of ether oxygens (including phenoxy) is 1. The quantitative estimate of drug-likeness (QED) is 0.738. The molecule has 1 rings (SSSR count). The van der Waals surface area contributed by atoms with Gasteiger partial charge in [0.15, 0.2) is 0 Å². The highest BCUT2D eigenvalue weighted by molar-refractivity contribution is 5.23. The van der Waals surface area contributed by atoms with Gasteiger partial charge in [0.2, 0.25) is 0 Å². The Labute approximate surface area is 91.6 Å². The maximum absolute atomic E-state index is 5.28. The summed E-state index contributed by atoms with van der Waals surface area (Å²) < 4.78 is 5.08. The fourth-order valence-corrected chi connectivity index (χ4v) is 1.33. The summed E-state index contributed by atoms with van der Waals surface area (Å²) in [6.07, 6.45) is 5.28. The second-order valence-corrected chi connectivity index (χ2v) is 3.52. The molecule has 1 aromatic carbocycles. The van der Waals surface area contributed by atoms with Crippen LogP contribution in [0.1, 0.15) is 18.1 Å². The summed E-state index contributed by atoms with van der Waals surface area (Å²) in [5, 5.41) is 3.24.